The Morgan fingerprint density at radius 3 is 2.45 bits per heavy atom. The first-order valence-corrected chi connectivity index (χ1v) is 7.83. The highest BCUT2D eigenvalue weighted by Gasteiger charge is 2.21. The van der Waals surface area contributed by atoms with Crippen molar-refractivity contribution in [3.63, 3.8) is 0 Å². The summed E-state index contributed by atoms with van der Waals surface area (Å²) in [5, 5.41) is 5.76. The maximum absolute atomic E-state index is 5.99. The second-order valence-electron chi connectivity index (χ2n) is 4.45. The van der Waals surface area contributed by atoms with Gasteiger partial charge in [-0.2, -0.15) is 0 Å². The molecule has 2 aromatic carbocycles. The van der Waals surface area contributed by atoms with Gasteiger partial charge >= 0.3 is 0 Å². The van der Waals surface area contributed by atoms with Gasteiger partial charge in [0.05, 0.1) is 11.8 Å². The van der Waals surface area contributed by atoms with Gasteiger partial charge in [-0.05, 0) is 23.8 Å². The Kier molecular flexibility index (Phi) is 4.20. The number of hydrogen-bond donors (Lipinski definition) is 1. The number of thioether (sulfide) groups is 1. The SMILES string of the molecule is Clc1cc(Cl)cc(NC2=NCC(c3ccccc3)S2)c1. The smallest absolute Gasteiger partial charge is 0.161 e. The van der Waals surface area contributed by atoms with Crippen LogP contribution in [-0.4, -0.2) is 11.7 Å². The number of benzene rings is 2. The lowest BCUT2D eigenvalue weighted by molar-refractivity contribution is 0.966. The van der Waals surface area contributed by atoms with E-state index in [0.717, 1.165) is 17.4 Å². The summed E-state index contributed by atoms with van der Waals surface area (Å²) in [6, 6.07) is 15.8. The summed E-state index contributed by atoms with van der Waals surface area (Å²) in [7, 11) is 0. The standard InChI is InChI=1S/C15H12Cl2N2S/c16-11-6-12(17)8-13(7-11)19-15-18-9-14(20-15)10-4-2-1-3-5-10/h1-8,14H,9H2,(H,18,19). The molecule has 2 aromatic rings. The first-order valence-electron chi connectivity index (χ1n) is 6.20. The Bertz CT molecular complexity index is 623. The number of halogens is 2. The molecule has 1 aliphatic rings. The van der Waals surface area contributed by atoms with Gasteiger partial charge < -0.3 is 5.32 Å². The lowest BCUT2D eigenvalue weighted by Crippen LogP contribution is -2.05. The second kappa shape index (κ2) is 6.08. The maximum Gasteiger partial charge on any atom is 0.161 e. The van der Waals surface area contributed by atoms with E-state index in [-0.39, 0.29) is 0 Å². The van der Waals surface area contributed by atoms with Gasteiger partial charge in [-0.25, -0.2) is 0 Å². The van der Waals surface area contributed by atoms with Crippen molar-refractivity contribution in [3.8, 4) is 0 Å². The van der Waals surface area contributed by atoms with E-state index in [1.807, 2.05) is 18.2 Å². The molecular weight excluding hydrogens is 311 g/mol. The molecule has 1 N–H and O–H groups in total. The monoisotopic (exact) mass is 322 g/mol. The molecule has 0 amide bonds. The number of nitrogens with one attached hydrogen (secondary N) is 1. The predicted octanol–water partition coefficient (Wildman–Crippen LogP) is 5.25. The minimum absolute atomic E-state index is 0.369. The van der Waals surface area contributed by atoms with Crippen molar-refractivity contribution in [1.82, 2.24) is 0 Å². The molecule has 20 heavy (non-hydrogen) atoms. The van der Waals surface area contributed by atoms with Gasteiger partial charge in [0.15, 0.2) is 5.17 Å². The minimum Gasteiger partial charge on any atom is -0.335 e. The number of nitrogens with zero attached hydrogens (tertiary/aromatic N) is 1. The normalized spacial score (nSPS) is 17.9. The van der Waals surface area contributed by atoms with Gasteiger partial charge in [0.1, 0.15) is 0 Å². The van der Waals surface area contributed by atoms with Crippen molar-refractivity contribution >= 4 is 45.8 Å². The molecule has 3 rings (SSSR count). The molecule has 0 aliphatic carbocycles. The molecular formula is C15H12Cl2N2S. The molecule has 0 bridgehead atoms. The number of hydrogen-bond acceptors (Lipinski definition) is 3. The van der Waals surface area contributed by atoms with Gasteiger partial charge in [-0.3, -0.25) is 4.99 Å². The topological polar surface area (TPSA) is 24.4 Å². The zero-order valence-electron chi connectivity index (χ0n) is 10.5. The first kappa shape index (κ1) is 13.8. The van der Waals surface area contributed by atoms with E-state index in [1.54, 1.807) is 17.8 Å². The highest BCUT2D eigenvalue weighted by Crippen LogP contribution is 2.35. The average Bonchev–Trinajstić information content (AvgIpc) is 2.87. The van der Waals surface area contributed by atoms with E-state index in [9.17, 15) is 0 Å². The van der Waals surface area contributed by atoms with E-state index in [0.29, 0.717) is 15.3 Å². The zero-order valence-corrected chi connectivity index (χ0v) is 12.8. The molecule has 2 nitrogen and oxygen atoms in total. The summed E-state index contributed by atoms with van der Waals surface area (Å²) in [5.41, 5.74) is 2.16. The van der Waals surface area contributed by atoms with E-state index in [1.165, 1.54) is 5.56 Å². The Balaban J connectivity index is 1.68. The molecule has 1 aliphatic heterocycles. The Hall–Kier alpha value is -1.16. The molecule has 1 atom stereocenters. The van der Waals surface area contributed by atoms with Crippen LogP contribution in [0.2, 0.25) is 10.0 Å². The molecule has 0 spiro atoms. The lowest BCUT2D eigenvalue weighted by atomic mass is 10.1. The summed E-state index contributed by atoms with van der Waals surface area (Å²) >= 11 is 13.7. The Morgan fingerprint density at radius 2 is 1.75 bits per heavy atom. The first-order chi connectivity index (χ1) is 9.70. The van der Waals surface area contributed by atoms with Crippen molar-refractivity contribution < 1.29 is 0 Å². The van der Waals surface area contributed by atoms with Crippen LogP contribution in [0, 0.1) is 0 Å². The molecule has 0 radical (unpaired) electrons. The van der Waals surface area contributed by atoms with Crippen LogP contribution in [0.4, 0.5) is 5.69 Å². The van der Waals surface area contributed by atoms with Gasteiger partial charge in [0.25, 0.3) is 0 Å². The highest BCUT2D eigenvalue weighted by molar-refractivity contribution is 8.14. The Labute approximate surface area is 132 Å². The summed E-state index contributed by atoms with van der Waals surface area (Å²) in [6.07, 6.45) is 0. The van der Waals surface area contributed by atoms with Crippen molar-refractivity contribution in [2.24, 2.45) is 4.99 Å². The molecule has 0 saturated carbocycles. The van der Waals surface area contributed by atoms with Crippen LogP contribution in [0.25, 0.3) is 0 Å². The molecule has 0 fully saturated rings. The molecule has 102 valence electrons. The number of anilines is 1. The van der Waals surface area contributed by atoms with Crippen LogP contribution in [0.1, 0.15) is 10.8 Å². The van der Waals surface area contributed by atoms with E-state index in [2.05, 4.69) is 34.6 Å². The quantitative estimate of drug-likeness (QED) is 0.816. The third-order valence-corrected chi connectivity index (χ3v) is 4.54. The predicted molar refractivity (Wildman–Crippen MR) is 89.2 cm³/mol. The van der Waals surface area contributed by atoms with Crippen LogP contribution in [0.3, 0.4) is 0 Å². The number of amidine groups is 1. The molecule has 0 saturated heterocycles. The lowest BCUT2D eigenvalue weighted by Gasteiger charge is -2.10. The van der Waals surface area contributed by atoms with E-state index < -0.39 is 0 Å². The second-order valence-corrected chi connectivity index (χ2v) is 6.51. The van der Waals surface area contributed by atoms with Crippen molar-refractivity contribution in [2.75, 3.05) is 11.9 Å². The summed E-state index contributed by atoms with van der Waals surface area (Å²) < 4.78 is 0. The van der Waals surface area contributed by atoms with Gasteiger partial charge in [-0.1, -0.05) is 65.3 Å². The van der Waals surface area contributed by atoms with Crippen LogP contribution in [0.15, 0.2) is 53.5 Å². The fraction of sp³-hybridized carbons (Fsp3) is 0.133. The minimum atomic E-state index is 0.369. The van der Waals surface area contributed by atoms with Crippen LogP contribution in [0.5, 0.6) is 0 Å². The molecule has 5 heteroatoms. The van der Waals surface area contributed by atoms with Gasteiger partial charge in [0, 0.05) is 15.7 Å². The van der Waals surface area contributed by atoms with E-state index >= 15 is 0 Å². The molecule has 1 heterocycles. The maximum atomic E-state index is 5.99. The van der Waals surface area contributed by atoms with Crippen LogP contribution >= 0.6 is 35.0 Å². The van der Waals surface area contributed by atoms with Crippen molar-refractivity contribution in [1.29, 1.82) is 0 Å². The fourth-order valence-electron chi connectivity index (χ4n) is 2.03. The van der Waals surface area contributed by atoms with Gasteiger partial charge in [0.2, 0.25) is 0 Å². The Morgan fingerprint density at radius 1 is 1.05 bits per heavy atom. The third-order valence-electron chi connectivity index (χ3n) is 2.94. The molecule has 1 unspecified atom stereocenters. The van der Waals surface area contributed by atoms with Gasteiger partial charge in [-0.15, -0.1) is 0 Å². The third kappa shape index (κ3) is 3.29. The number of rotatable bonds is 2. The van der Waals surface area contributed by atoms with Crippen LogP contribution in [-0.2, 0) is 0 Å². The summed E-state index contributed by atoms with van der Waals surface area (Å²) in [6.45, 7) is 0.783. The fourth-order valence-corrected chi connectivity index (χ4v) is 3.60. The largest absolute Gasteiger partial charge is 0.335 e. The highest BCUT2D eigenvalue weighted by atomic mass is 35.5. The molecule has 0 aromatic heterocycles. The summed E-state index contributed by atoms with van der Waals surface area (Å²) in [4.78, 5) is 4.53. The average molecular weight is 323 g/mol. The van der Waals surface area contributed by atoms with Crippen molar-refractivity contribution in [2.45, 2.75) is 5.25 Å². The van der Waals surface area contributed by atoms with E-state index in [4.69, 9.17) is 23.2 Å². The zero-order chi connectivity index (χ0) is 13.9. The summed E-state index contributed by atoms with van der Waals surface area (Å²) in [5.74, 6) is 0. The van der Waals surface area contributed by atoms with Crippen molar-refractivity contribution in [3.05, 3.63) is 64.1 Å². The number of aliphatic imine (C=N–C) groups is 1. The van der Waals surface area contributed by atoms with Crippen LogP contribution < -0.4 is 5.32 Å².